The van der Waals surface area contributed by atoms with Crippen LogP contribution in [0.4, 0.5) is 0 Å². The van der Waals surface area contributed by atoms with Crippen LogP contribution in [0.5, 0.6) is 0 Å². The van der Waals surface area contributed by atoms with Gasteiger partial charge in [-0.25, -0.2) is 0 Å². The minimum absolute atomic E-state index is 0.0147. The van der Waals surface area contributed by atoms with Crippen molar-refractivity contribution in [1.82, 2.24) is 16.0 Å². The third kappa shape index (κ3) is 8.68. The van der Waals surface area contributed by atoms with Gasteiger partial charge in [-0.05, 0) is 19.4 Å². The summed E-state index contributed by atoms with van der Waals surface area (Å²) in [6.07, 6.45) is 3.82. The van der Waals surface area contributed by atoms with Crippen LogP contribution in [0.1, 0.15) is 39.5 Å². The summed E-state index contributed by atoms with van der Waals surface area (Å²) in [5.74, 6) is 0.0644. The van der Waals surface area contributed by atoms with Gasteiger partial charge in [0.2, 0.25) is 11.8 Å². The summed E-state index contributed by atoms with van der Waals surface area (Å²) in [6.45, 7) is 5.03. The maximum absolute atomic E-state index is 11.5. The SMILES string of the molecule is CCNC(CCCCCNC(C)=O)C(=O)NC. The topological polar surface area (TPSA) is 70.2 Å². The number of likely N-dealkylation sites (N-methyl/N-ethyl adjacent to an activating group) is 2. The van der Waals surface area contributed by atoms with Gasteiger partial charge in [-0.3, -0.25) is 9.59 Å². The van der Waals surface area contributed by atoms with E-state index in [4.69, 9.17) is 0 Å². The van der Waals surface area contributed by atoms with Gasteiger partial charge < -0.3 is 16.0 Å². The highest BCUT2D eigenvalue weighted by Crippen LogP contribution is 2.03. The molecule has 0 aliphatic carbocycles. The van der Waals surface area contributed by atoms with Gasteiger partial charge in [0.05, 0.1) is 6.04 Å². The van der Waals surface area contributed by atoms with Gasteiger partial charge in [0, 0.05) is 20.5 Å². The molecule has 2 amide bonds. The Balaban J connectivity index is 3.61. The normalized spacial score (nSPS) is 11.9. The molecule has 0 rings (SSSR count). The average molecular weight is 243 g/mol. The first kappa shape index (κ1) is 15.9. The molecule has 0 spiro atoms. The number of carbonyl (C=O) groups is 2. The van der Waals surface area contributed by atoms with Crippen molar-refractivity contribution in [1.29, 1.82) is 0 Å². The maximum Gasteiger partial charge on any atom is 0.236 e. The fraction of sp³-hybridized carbons (Fsp3) is 0.833. The van der Waals surface area contributed by atoms with Crippen molar-refractivity contribution in [2.75, 3.05) is 20.1 Å². The molecule has 0 bridgehead atoms. The first-order valence-corrected chi connectivity index (χ1v) is 6.31. The molecule has 0 aromatic rings. The van der Waals surface area contributed by atoms with Gasteiger partial charge >= 0.3 is 0 Å². The molecule has 0 saturated carbocycles. The second-order valence-electron chi connectivity index (χ2n) is 4.06. The van der Waals surface area contributed by atoms with Crippen LogP contribution in [0.3, 0.4) is 0 Å². The van der Waals surface area contributed by atoms with E-state index in [2.05, 4.69) is 16.0 Å². The van der Waals surface area contributed by atoms with Gasteiger partial charge in [-0.15, -0.1) is 0 Å². The highest BCUT2D eigenvalue weighted by atomic mass is 16.2. The lowest BCUT2D eigenvalue weighted by atomic mass is 10.1. The second-order valence-corrected chi connectivity index (χ2v) is 4.06. The van der Waals surface area contributed by atoms with E-state index in [0.717, 1.165) is 38.8 Å². The number of unbranched alkanes of at least 4 members (excludes halogenated alkanes) is 2. The minimum atomic E-state index is -0.0919. The number of nitrogens with one attached hydrogen (secondary N) is 3. The van der Waals surface area contributed by atoms with Crippen molar-refractivity contribution in [3.05, 3.63) is 0 Å². The molecular weight excluding hydrogens is 218 g/mol. The Morgan fingerprint density at radius 1 is 1.18 bits per heavy atom. The van der Waals surface area contributed by atoms with Gasteiger partial charge in [-0.2, -0.15) is 0 Å². The molecule has 0 fully saturated rings. The summed E-state index contributed by atoms with van der Waals surface area (Å²) < 4.78 is 0. The lowest BCUT2D eigenvalue weighted by molar-refractivity contribution is -0.122. The molecule has 17 heavy (non-hydrogen) atoms. The first-order valence-electron chi connectivity index (χ1n) is 6.31. The van der Waals surface area contributed by atoms with Crippen LogP contribution in [0.2, 0.25) is 0 Å². The van der Waals surface area contributed by atoms with Crippen LogP contribution >= 0.6 is 0 Å². The Morgan fingerprint density at radius 3 is 2.41 bits per heavy atom. The zero-order chi connectivity index (χ0) is 13.1. The van der Waals surface area contributed by atoms with Crippen LogP contribution in [0.15, 0.2) is 0 Å². The summed E-state index contributed by atoms with van der Waals surface area (Å²) in [4.78, 5) is 22.1. The molecule has 0 heterocycles. The predicted octanol–water partition coefficient (Wildman–Crippen LogP) is 0.407. The Hall–Kier alpha value is -1.10. The highest BCUT2D eigenvalue weighted by molar-refractivity contribution is 5.81. The second kappa shape index (κ2) is 10.1. The summed E-state index contributed by atoms with van der Waals surface area (Å²) in [5, 5.41) is 8.58. The van der Waals surface area contributed by atoms with Crippen molar-refractivity contribution in [3.63, 3.8) is 0 Å². The van der Waals surface area contributed by atoms with E-state index in [1.807, 2.05) is 6.92 Å². The minimum Gasteiger partial charge on any atom is -0.358 e. The number of hydrogen-bond donors (Lipinski definition) is 3. The number of amides is 2. The monoisotopic (exact) mass is 243 g/mol. The molecule has 5 heteroatoms. The smallest absolute Gasteiger partial charge is 0.236 e. The highest BCUT2D eigenvalue weighted by Gasteiger charge is 2.14. The zero-order valence-corrected chi connectivity index (χ0v) is 11.1. The van der Waals surface area contributed by atoms with Crippen LogP contribution in [0, 0.1) is 0 Å². The standard InChI is InChI=1S/C12H25N3O2/c1-4-14-11(12(17)13-3)8-6-5-7-9-15-10(2)16/h11,14H,4-9H2,1-3H3,(H,13,17)(H,15,16). The molecule has 0 saturated heterocycles. The Labute approximate surface area is 104 Å². The molecule has 100 valence electrons. The van der Waals surface area contributed by atoms with E-state index in [1.54, 1.807) is 7.05 Å². The van der Waals surface area contributed by atoms with E-state index in [0.29, 0.717) is 0 Å². The number of rotatable bonds is 9. The quantitative estimate of drug-likeness (QED) is 0.514. The Bertz CT molecular complexity index is 232. The maximum atomic E-state index is 11.5. The van der Waals surface area contributed by atoms with Crippen LogP contribution in [-0.2, 0) is 9.59 Å². The lowest BCUT2D eigenvalue weighted by Gasteiger charge is -2.15. The molecule has 3 N–H and O–H groups in total. The predicted molar refractivity (Wildman–Crippen MR) is 68.7 cm³/mol. The molecule has 1 atom stereocenters. The van der Waals surface area contributed by atoms with Crippen LogP contribution < -0.4 is 16.0 Å². The lowest BCUT2D eigenvalue weighted by Crippen LogP contribution is -2.42. The van der Waals surface area contributed by atoms with E-state index >= 15 is 0 Å². The fourth-order valence-electron chi connectivity index (χ4n) is 1.66. The molecule has 0 aromatic heterocycles. The largest absolute Gasteiger partial charge is 0.358 e. The summed E-state index contributed by atoms with van der Waals surface area (Å²) in [5.41, 5.74) is 0. The van der Waals surface area contributed by atoms with Crippen molar-refractivity contribution >= 4 is 11.8 Å². The van der Waals surface area contributed by atoms with Gasteiger partial charge in [0.15, 0.2) is 0 Å². The van der Waals surface area contributed by atoms with Gasteiger partial charge in [-0.1, -0.05) is 19.8 Å². The number of carbonyl (C=O) groups excluding carboxylic acids is 2. The molecule has 0 radical (unpaired) electrons. The molecule has 5 nitrogen and oxygen atoms in total. The zero-order valence-electron chi connectivity index (χ0n) is 11.1. The molecule has 0 aliphatic heterocycles. The fourth-order valence-corrected chi connectivity index (χ4v) is 1.66. The summed E-state index contributed by atoms with van der Waals surface area (Å²) >= 11 is 0. The van der Waals surface area contributed by atoms with Crippen LogP contribution in [0.25, 0.3) is 0 Å². The van der Waals surface area contributed by atoms with E-state index in [9.17, 15) is 9.59 Å². The first-order chi connectivity index (χ1) is 8.11. The molecule has 0 aliphatic rings. The number of hydrogen-bond acceptors (Lipinski definition) is 3. The van der Waals surface area contributed by atoms with Crippen molar-refractivity contribution in [3.8, 4) is 0 Å². The molecular formula is C12H25N3O2. The van der Waals surface area contributed by atoms with E-state index < -0.39 is 0 Å². The van der Waals surface area contributed by atoms with Gasteiger partial charge in [0.25, 0.3) is 0 Å². The summed E-state index contributed by atoms with van der Waals surface area (Å²) in [7, 11) is 1.66. The van der Waals surface area contributed by atoms with Crippen molar-refractivity contribution < 1.29 is 9.59 Å². The van der Waals surface area contributed by atoms with Crippen molar-refractivity contribution in [2.24, 2.45) is 0 Å². The molecule has 1 unspecified atom stereocenters. The van der Waals surface area contributed by atoms with Crippen molar-refractivity contribution in [2.45, 2.75) is 45.6 Å². The Kier molecular flexibility index (Phi) is 9.43. The third-order valence-electron chi connectivity index (χ3n) is 2.56. The van der Waals surface area contributed by atoms with Crippen LogP contribution in [-0.4, -0.2) is 38.0 Å². The molecule has 0 aromatic carbocycles. The summed E-state index contributed by atoms with van der Waals surface area (Å²) in [6, 6.07) is -0.0919. The Morgan fingerprint density at radius 2 is 1.88 bits per heavy atom. The van der Waals surface area contributed by atoms with E-state index in [-0.39, 0.29) is 17.9 Å². The average Bonchev–Trinajstić information content (AvgIpc) is 2.30. The van der Waals surface area contributed by atoms with E-state index in [1.165, 1.54) is 6.92 Å². The van der Waals surface area contributed by atoms with Gasteiger partial charge in [0.1, 0.15) is 0 Å². The third-order valence-corrected chi connectivity index (χ3v) is 2.56.